The fourth-order valence-corrected chi connectivity index (χ4v) is 4.40. The maximum atomic E-state index is 13.9. The number of nitrogens with one attached hydrogen (secondary N) is 2. The van der Waals surface area contributed by atoms with Crippen molar-refractivity contribution in [1.82, 2.24) is 10.3 Å². The predicted octanol–water partition coefficient (Wildman–Crippen LogP) is 5.82. The van der Waals surface area contributed by atoms with Crippen molar-refractivity contribution >= 4 is 44.2 Å². The number of carboxylic acid groups (broad SMARTS) is 1. The van der Waals surface area contributed by atoms with E-state index in [1.807, 2.05) is 0 Å². The summed E-state index contributed by atoms with van der Waals surface area (Å²) in [5, 5.41) is 15.6. The summed E-state index contributed by atoms with van der Waals surface area (Å²) in [5.41, 5.74) is 2.49. The zero-order chi connectivity index (χ0) is 24.4. The van der Waals surface area contributed by atoms with Gasteiger partial charge in [0.15, 0.2) is 5.13 Å². The van der Waals surface area contributed by atoms with E-state index in [1.165, 1.54) is 35.6 Å². The van der Waals surface area contributed by atoms with Crippen molar-refractivity contribution in [2.75, 3.05) is 5.32 Å². The van der Waals surface area contributed by atoms with E-state index in [9.17, 15) is 23.5 Å². The van der Waals surface area contributed by atoms with Crippen LogP contribution in [0.3, 0.4) is 0 Å². The third kappa shape index (κ3) is 5.04. The number of amides is 1. The van der Waals surface area contributed by atoms with Gasteiger partial charge in [0.25, 0.3) is 5.91 Å². The predicted molar refractivity (Wildman–Crippen MR) is 128 cm³/mol. The van der Waals surface area contributed by atoms with E-state index in [0.29, 0.717) is 32.2 Å². The Morgan fingerprint density at radius 2 is 1.76 bits per heavy atom. The van der Waals surface area contributed by atoms with Gasteiger partial charge >= 0.3 is 5.97 Å². The van der Waals surface area contributed by atoms with Crippen molar-refractivity contribution in [2.24, 2.45) is 5.92 Å². The highest BCUT2D eigenvalue weighted by molar-refractivity contribution is 7.22. The average molecular weight is 482 g/mol. The van der Waals surface area contributed by atoms with Gasteiger partial charge in [-0.2, -0.15) is 0 Å². The molecule has 3 N–H and O–H groups in total. The number of aliphatic carboxylic acids is 1. The van der Waals surface area contributed by atoms with Crippen LogP contribution in [0.4, 0.5) is 19.6 Å². The van der Waals surface area contributed by atoms with E-state index >= 15 is 0 Å². The third-order valence-corrected chi connectivity index (χ3v) is 6.16. The van der Waals surface area contributed by atoms with E-state index in [-0.39, 0.29) is 17.3 Å². The lowest BCUT2D eigenvalue weighted by atomic mass is 10.00. The van der Waals surface area contributed by atoms with E-state index in [4.69, 9.17) is 0 Å². The quantitative estimate of drug-likeness (QED) is 0.309. The number of anilines is 2. The molecule has 0 fully saturated rings. The molecule has 0 aliphatic carbocycles. The maximum Gasteiger partial charge on any atom is 0.326 e. The monoisotopic (exact) mass is 481 g/mol. The number of thiazole rings is 1. The maximum absolute atomic E-state index is 13.9. The zero-order valence-corrected chi connectivity index (χ0v) is 19.1. The number of carbonyl (C=O) groups excluding carboxylic acids is 1. The minimum Gasteiger partial charge on any atom is -0.480 e. The Labute approximate surface area is 198 Å². The highest BCUT2D eigenvalue weighted by Gasteiger charge is 2.24. The van der Waals surface area contributed by atoms with Gasteiger partial charge in [-0.05, 0) is 53.9 Å². The first-order valence-electron chi connectivity index (χ1n) is 10.5. The molecule has 3 aromatic carbocycles. The molecule has 9 heteroatoms. The van der Waals surface area contributed by atoms with Crippen molar-refractivity contribution in [3.8, 4) is 11.1 Å². The summed E-state index contributed by atoms with van der Waals surface area (Å²) in [6, 6.07) is 14.0. The highest BCUT2D eigenvalue weighted by atomic mass is 32.1. The van der Waals surface area contributed by atoms with Crippen LogP contribution >= 0.6 is 11.3 Å². The molecule has 1 atom stereocenters. The van der Waals surface area contributed by atoms with Gasteiger partial charge < -0.3 is 15.7 Å². The molecule has 0 aliphatic rings. The largest absolute Gasteiger partial charge is 0.480 e. The lowest BCUT2D eigenvalue weighted by Crippen LogP contribution is -2.44. The van der Waals surface area contributed by atoms with Crippen LogP contribution in [-0.2, 0) is 4.79 Å². The van der Waals surface area contributed by atoms with E-state index in [0.717, 1.165) is 0 Å². The van der Waals surface area contributed by atoms with Crippen LogP contribution < -0.4 is 10.6 Å². The minimum atomic E-state index is -1.13. The molecule has 0 bridgehead atoms. The summed E-state index contributed by atoms with van der Waals surface area (Å²) in [4.78, 5) is 28.8. The standard InChI is InChI=1S/C25H21F2N3O3S/c1-13(2)22(24(32)33)30-23(31)15-6-8-18(14-4-3-5-16(26)10-14)20(11-15)29-25-28-19-9-7-17(27)12-21(19)34-25/h3-13,22H,1-2H3,(H,28,29)(H,30,31)(H,32,33)/t22-/m0/s1. The number of fused-ring (bicyclic) bond motifs is 1. The number of halogens is 2. The topological polar surface area (TPSA) is 91.3 Å². The molecular weight excluding hydrogens is 460 g/mol. The number of rotatable bonds is 7. The Bertz CT molecular complexity index is 1390. The first kappa shape index (κ1) is 23.3. The minimum absolute atomic E-state index is 0.224. The molecule has 1 aromatic heterocycles. The Kier molecular flexibility index (Phi) is 6.56. The summed E-state index contributed by atoms with van der Waals surface area (Å²) < 4.78 is 28.1. The number of hydrogen-bond donors (Lipinski definition) is 3. The average Bonchev–Trinajstić information content (AvgIpc) is 3.18. The Morgan fingerprint density at radius 3 is 2.47 bits per heavy atom. The summed E-state index contributed by atoms with van der Waals surface area (Å²) in [7, 11) is 0. The number of benzene rings is 3. The van der Waals surface area contributed by atoms with Crippen molar-refractivity contribution < 1.29 is 23.5 Å². The van der Waals surface area contributed by atoms with Crippen LogP contribution in [-0.4, -0.2) is 28.0 Å². The van der Waals surface area contributed by atoms with E-state index in [2.05, 4.69) is 15.6 Å². The second-order valence-corrected chi connectivity index (χ2v) is 9.09. The van der Waals surface area contributed by atoms with Crippen molar-refractivity contribution in [2.45, 2.75) is 19.9 Å². The van der Waals surface area contributed by atoms with Crippen LogP contribution in [0.1, 0.15) is 24.2 Å². The molecule has 0 saturated carbocycles. The molecule has 34 heavy (non-hydrogen) atoms. The number of hydrogen-bond acceptors (Lipinski definition) is 5. The van der Waals surface area contributed by atoms with Crippen molar-refractivity contribution in [3.05, 3.63) is 77.9 Å². The van der Waals surface area contributed by atoms with Crippen LogP contribution in [0.25, 0.3) is 21.3 Å². The molecule has 0 aliphatic heterocycles. The first-order chi connectivity index (χ1) is 16.2. The van der Waals surface area contributed by atoms with E-state index in [1.54, 1.807) is 50.2 Å². The zero-order valence-electron chi connectivity index (χ0n) is 18.3. The summed E-state index contributed by atoms with van der Waals surface area (Å²) in [5.74, 6) is -2.78. The van der Waals surface area contributed by atoms with Gasteiger partial charge in [0.05, 0.1) is 10.2 Å². The molecular formula is C25H21F2N3O3S. The fourth-order valence-electron chi connectivity index (χ4n) is 3.50. The third-order valence-electron chi connectivity index (χ3n) is 5.23. The highest BCUT2D eigenvalue weighted by Crippen LogP contribution is 2.35. The molecule has 4 aromatic rings. The molecule has 4 rings (SSSR count). The smallest absolute Gasteiger partial charge is 0.326 e. The van der Waals surface area contributed by atoms with Gasteiger partial charge in [0.2, 0.25) is 0 Å². The van der Waals surface area contributed by atoms with Gasteiger partial charge in [-0.3, -0.25) is 4.79 Å². The number of nitrogens with zero attached hydrogens (tertiary/aromatic N) is 1. The second kappa shape index (κ2) is 9.56. The van der Waals surface area contributed by atoms with Gasteiger partial charge in [-0.15, -0.1) is 0 Å². The molecule has 6 nitrogen and oxygen atoms in total. The normalized spacial score (nSPS) is 12.0. The number of carboxylic acids is 1. The van der Waals surface area contributed by atoms with Crippen LogP contribution in [0, 0.1) is 17.6 Å². The molecule has 0 spiro atoms. The van der Waals surface area contributed by atoms with Crippen LogP contribution in [0.5, 0.6) is 0 Å². The first-order valence-corrected chi connectivity index (χ1v) is 11.3. The van der Waals surface area contributed by atoms with E-state index < -0.39 is 23.7 Å². The lowest BCUT2D eigenvalue weighted by molar-refractivity contribution is -0.140. The number of carbonyl (C=O) groups is 2. The van der Waals surface area contributed by atoms with Crippen LogP contribution in [0.15, 0.2) is 60.7 Å². The summed E-state index contributed by atoms with van der Waals surface area (Å²) >= 11 is 1.23. The Morgan fingerprint density at radius 1 is 1.00 bits per heavy atom. The Hall–Kier alpha value is -3.85. The number of aromatic nitrogens is 1. The second-order valence-electron chi connectivity index (χ2n) is 8.06. The summed E-state index contributed by atoms with van der Waals surface area (Å²) in [6.07, 6.45) is 0. The van der Waals surface area contributed by atoms with Gasteiger partial charge in [0.1, 0.15) is 17.7 Å². The Balaban J connectivity index is 1.74. The molecule has 1 amide bonds. The fraction of sp³-hybridized carbons (Fsp3) is 0.160. The van der Waals surface area contributed by atoms with Gasteiger partial charge in [-0.25, -0.2) is 18.6 Å². The summed E-state index contributed by atoms with van der Waals surface area (Å²) in [6.45, 7) is 3.41. The molecule has 174 valence electrons. The SMILES string of the molecule is CC(C)[C@H](NC(=O)c1ccc(-c2cccc(F)c2)c(Nc2nc3ccc(F)cc3s2)c1)C(=O)O. The van der Waals surface area contributed by atoms with Gasteiger partial charge in [-0.1, -0.05) is 43.4 Å². The molecule has 0 unspecified atom stereocenters. The lowest BCUT2D eigenvalue weighted by Gasteiger charge is -2.19. The molecule has 1 heterocycles. The van der Waals surface area contributed by atoms with Crippen LogP contribution in [0.2, 0.25) is 0 Å². The van der Waals surface area contributed by atoms with Crippen molar-refractivity contribution in [1.29, 1.82) is 0 Å². The van der Waals surface area contributed by atoms with Crippen molar-refractivity contribution in [3.63, 3.8) is 0 Å². The molecule has 0 radical (unpaired) electrons. The molecule has 0 saturated heterocycles. The van der Waals surface area contributed by atoms with Gasteiger partial charge in [0, 0.05) is 16.8 Å².